The molecule has 0 aliphatic carbocycles. The maximum atomic E-state index is 11.6. The van der Waals surface area contributed by atoms with Gasteiger partial charge in [-0.25, -0.2) is 4.90 Å². The first kappa shape index (κ1) is 9.63. The van der Waals surface area contributed by atoms with E-state index in [9.17, 15) is 9.59 Å². The molecule has 0 unspecified atom stereocenters. The monoisotopic (exact) mass is 209 g/mol. The lowest BCUT2D eigenvalue weighted by Crippen LogP contribution is -2.44. The van der Waals surface area contributed by atoms with Gasteiger partial charge in [-0.1, -0.05) is 0 Å². The van der Waals surface area contributed by atoms with Crippen molar-refractivity contribution in [2.24, 2.45) is 4.99 Å². The molecule has 7 heteroatoms. The van der Waals surface area contributed by atoms with Gasteiger partial charge < -0.3 is 9.80 Å². The first-order valence-corrected chi connectivity index (χ1v) is 4.46. The SMILES string of the molecule is CN1CC(=O)N(C2=NC(=O)CN2C)C1=N. The second-order valence-electron chi connectivity index (χ2n) is 3.57. The van der Waals surface area contributed by atoms with E-state index in [0.29, 0.717) is 0 Å². The van der Waals surface area contributed by atoms with Gasteiger partial charge in [-0.3, -0.25) is 15.0 Å². The van der Waals surface area contributed by atoms with Crippen LogP contribution in [0.5, 0.6) is 0 Å². The Labute approximate surface area is 86.5 Å². The van der Waals surface area contributed by atoms with Crippen LogP contribution in [0.2, 0.25) is 0 Å². The van der Waals surface area contributed by atoms with Gasteiger partial charge in [0.2, 0.25) is 11.9 Å². The van der Waals surface area contributed by atoms with Crippen LogP contribution in [0.3, 0.4) is 0 Å². The van der Waals surface area contributed by atoms with Gasteiger partial charge in [0.15, 0.2) is 0 Å². The largest absolute Gasteiger partial charge is 0.336 e. The Balaban J connectivity index is 2.32. The number of hydrogen-bond donors (Lipinski definition) is 1. The lowest BCUT2D eigenvalue weighted by atomic mass is 10.5. The van der Waals surface area contributed by atoms with Crippen LogP contribution >= 0.6 is 0 Å². The maximum Gasteiger partial charge on any atom is 0.268 e. The molecule has 2 rings (SSSR count). The molecule has 1 saturated heterocycles. The number of carbonyl (C=O) groups excluding carboxylic acids is 2. The fraction of sp³-hybridized carbons (Fsp3) is 0.500. The van der Waals surface area contributed by atoms with E-state index >= 15 is 0 Å². The minimum atomic E-state index is -0.289. The number of likely N-dealkylation sites (N-methyl/N-ethyl adjacent to an activating group) is 2. The zero-order chi connectivity index (χ0) is 11.2. The molecule has 0 aromatic heterocycles. The average molecular weight is 209 g/mol. The number of hydrogen-bond acceptors (Lipinski definition) is 4. The van der Waals surface area contributed by atoms with Crippen molar-refractivity contribution in [3.05, 3.63) is 0 Å². The highest BCUT2D eigenvalue weighted by atomic mass is 16.2. The highest BCUT2D eigenvalue weighted by Gasteiger charge is 2.38. The molecule has 2 aliphatic heterocycles. The Morgan fingerprint density at radius 3 is 2.27 bits per heavy atom. The summed E-state index contributed by atoms with van der Waals surface area (Å²) < 4.78 is 0. The third kappa shape index (κ3) is 1.36. The first-order valence-electron chi connectivity index (χ1n) is 4.46. The predicted octanol–water partition coefficient (Wildman–Crippen LogP) is -1.48. The lowest BCUT2D eigenvalue weighted by Gasteiger charge is -2.21. The van der Waals surface area contributed by atoms with Gasteiger partial charge in [-0.15, -0.1) is 0 Å². The lowest BCUT2D eigenvalue weighted by molar-refractivity contribution is -0.122. The normalized spacial score (nSPS) is 21.9. The number of nitrogens with zero attached hydrogens (tertiary/aromatic N) is 4. The summed E-state index contributed by atoms with van der Waals surface area (Å²) in [5, 5.41) is 7.68. The molecule has 15 heavy (non-hydrogen) atoms. The van der Waals surface area contributed by atoms with Crippen LogP contribution in [0.25, 0.3) is 0 Å². The van der Waals surface area contributed by atoms with Crippen molar-refractivity contribution < 1.29 is 9.59 Å². The summed E-state index contributed by atoms with van der Waals surface area (Å²) in [6.07, 6.45) is 0. The number of guanidine groups is 2. The maximum absolute atomic E-state index is 11.6. The van der Waals surface area contributed by atoms with Gasteiger partial charge in [-0.05, 0) is 0 Å². The summed E-state index contributed by atoms with van der Waals surface area (Å²) in [6.45, 7) is 0.315. The quantitative estimate of drug-likeness (QED) is 0.528. The second-order valence-corrected chi connectivity index (χ2v) is 3.57. The van der Waals surface area contributed by atoms with E-state index in [1.54, 1.807) is 19.0 Å². The Morgan fingerprint density at radius 2 is 1.87 bits per heavy atom. The zero-order valence-corrected chi connectivity index (χ0v) is 8.52. The van der Waals surface area contributed by atoms with Gasteiger partial charge in [0.25, 0.3) is 11.8 Å². The van der Waals surface area contributed by atoms with Crippen LogP contribution in [0.1, 0.15) is 0 Å². The molecule has 0 saturated carbocycles. The molecule has 2 heterocycles. The molecular weight excluding hydrogens is 198 g/mol. The summed E-state index contributed by atoms with van der Waals surface area (Å²) in [5.41, 5.74) is 0. The van der Waals surface area contributed by atoms with Crippen LogP contribution in [-0.4, -0.2) is 65.6 Å². The van der Waals surface area contributed by atoms with Crippen molar-refractivity contribution in [1.82, 2.24) is 14.7 Å². The number of aliphatic imine (C=N–C) groups is 1. The first-order chi connectivity index (χ1) is 7.00. The molecule has 1 fully saturated rings. The Bertz CT molecular complexity index is 388. The highest BCUT2D eigenvalue weighted by Crippen LogP contribution is 2.12. The number of carbonyl (C=O) groups is 2. The van der Waals surface area contributed by atoms with Gasteiger partial charge in [0.1, 0.15) is 13.1 Å². The molecule has 80 valence electrons. The fourth-order valence-electron chi connectivity index (χ4n) is 1.57. The molecule has 7 nitrogen and oxygen atoms in total. The smallest absolute Gasteiger partial charge is 0.268 e. The Kier molecular flexibility index (Phi) is 1.95. The highest BCUT2D eigenvalue weighted by molar-refractivity contribution is 6.19. The molecule has 0 bridgehead atoms. The number of nitrogens with one attached hydrogen (secondary N) is 1. The standard InChI is InChI=1S/C8H11N5O2/c1-11-4-6(15)13(7(11)9)8-10-5(14)3-12(8)2/h9H,3-4H2,1-2H3. The second kappa shape index (κ2) is 3.04. The minimum absolute atomic E-state index is 0.0558. The van der Waals surface area contributed by atoms with Crippen molar-refractivity contribution in [3.8, 4) is 0 Å². The van der Waals surface area contributed by atoms with Crippen molar-refractivity contribution in [2.45, 2.75) is 0 Å². The van der Waals surface area contributed by atoms with E-state index in [4.69, 9.17) is 5.41 Å². The van der Waals surface area contributed by atoms with Crippen molar-refractivity contribution in [1.29, 1.82) is 5.41 Å². The zero-order valence-electron chi connectivity index (χ0n) is 8.52. The Hall–Kier alpha value is -1.92. The van der Waals surface area contributed by atoms with Crippen molar-refractivity contribution >= 4 is 23.7 Å². The van der Waals surface area contributed by atoms with Crippen LogP contribution in [-0.2, 0) is 9.59 Å². The number of amides is 2. The molecular formula is C8H11N5O2. The van der Waals surface area contributed by atoms with E-state index in [1.807, 2.05) is 0 Å². The minimum Gasteiger partial charge on any atom is -0.336 e. The summed E-state index contributed by atoms with van der Waals surface area (Å²) in [4.78, 5) is 30.6. The van der Waals surface area contributed by atoms with Crippen molar-refractivity contribution in [3.63, 3.8) is 0 Å². The average Bonchev–Trinajstić information content (AvgIpc) is 2.56. The predicted molar refractivity (Wildman–Crippen MR) is 52.3 cm³/mol. The van der Waals surface area contributed by atoms with Crippen LogP contribution in [0.4, 0.5) is 0 Å². The Morgan fingerprint density at radius 1 is 1.20 bits per heavy atom. The van der Waals surface area contributed by atoms with E-state index in [0.717, 1.165) is 4.90 Å². The van der Waals surface area contributed by atoms with Gasteiger partial charge in [0.05, 0.1) is 0 Å². The molecule has 2 amide bonds. The molecule has 0 aromatic rings. The third-order valence-corrected chi connectivity index (χ3v) is 2.33. The van der Waals surface area contributed by atoms with Crippen LogP contribution in [0.15, 0.2) is 4.99 Å². The molecule has 0 atom stereocenters. The summed E-state index contributed by atoms with van der Waals surface area (Å²) in [7, 11) is 3.32. The third-order valence-electron chi connectivity index (χ3n) is 2.33. The molecule has 1 N–H and O–H groups in total. The summed E-state index contributed by atoms with van der Waals surface area (Å²) >= 11 is 0. The molecule has 0 spiro atoms. The van der Waals surface area contributed by atoms with E-state index in [1.165, 1.54) is 4.90 Å². The molecule has 0 radical (unpaired) electrons. The van der Waals surface area contributed by atoms with Gasteiger partial charge in [0, 0.05) is 14.1 Å². The van der Waals surface area contributed by atoms with E-state index < -0.39 is 0 Å². The molecule has 2 aliphatic rings. The van der Waals surface area contributed by atoms with E-state index in [-0.39, 0.29) is 36.8 Å². The van der Waals surface area contributed by atoms with Gasteiger partial charge in [-0.2, -0.15) is 4.99 Å². The fourth-order valence-corrected chi connectivity index (χ4v) is 1.57. The summed E-state index contributed by atoms with van der Waals surface area (Å²) in [6, 6.07) is 0. The van der Waals surface area contributed by atoms with Crippen LogP contribution in [0, 0.1) is 5.41 Å². The van der Waals surface area contributed by atoms with Crippen LogP contribution < -0.4 is 0 Å². The topological polar surface area (TPSA) is 80.1 Å². The van der Waals surface area contributed by atoms with Crippen molar-refractivity contribution in [2.75, 3.05) is 27.2 Å². The molecule has 0 aromatic carbocycles. The number of rotatable bonds is 0. The summed E-state index contributed by atoms with van der Waals surface area (Å²) in [5.74, 6) is -0.217. The van der Waals surface area contributed by atoms with Gasteiger partial charge >= 0.3 is 0 Å². The van der Waals surface area contributed by atoms with E-state index in [2.05, 4.69) is 4.99 Å².